The number of para-hydroxylation sites is 2. The first kappa shape index (κ1) is 14.3. The van der Waals surface area contributed by atoms with Crippen molar-refractivity contribution in [2.75, 3.05) is 5.43 Å². The van der Waals surface area contributed by atoms with Crippen molar-refractivity contribution in [2.24, 2.45) is 10.8 Å². The van der Waals surface area contributed by atoms with E-state index in [1.54, 1.807) is 0 Å². The average molecular weight is 271 g/mol. The molecule has 0 aromatic heterocycles. The molecule has 0 bridgehead atoms. The number of hydrogen-bond acceptors (Lipinski definition) is 5. The van der Waals surface area contributed by atoms with Gasteiger partial charge in [-0.25, -0.2) is 0 Å². The Hall–Kier alpha value is -2.76. The van der Waals surface area contributed by atoms with Gasteiger partial charge in [0.25, 0.3) is 0 Å². The quantitative estimate of drug-likeness (QED) is 0.441. The molecular formula is C10H8F3N5O. The minimum absolute atomic E-state index is 0.117. The summed E-state index contributed by atoms with van der Waals surface area (Å²) in [5, 5.41) is 19.0. The summed E-state index contributed by atoms with van der Waals surface area (Å²) in [7, 11) is 0. The zero-order valence-corrected chi connectivity index (χ0v) is 9.32. The van der Waals surface area contributed by atoms with E-state index < -0.39 is 23.7 Å². The van der Waals surface area contributed by atoms with Crippen molar-refractivity contribution in [3.8, 4) is 11.8 Å². The van der Waals surface area contributed by atoms with Crippen molar-refractivity contribution < 1.29 is 17.9 Å². The number of anilines is 1. The maximum Gasteiger partial charge on any atom is 0.573 e. The van der Waals surface area contributed by atoms with Crippen LogP contribution in [0.2, 0.25) is 0 Å². The fourth-order valence-electron chi connectivity index (χ4n) is 1.03. The van der Waals surface area contributed by atoms with Gasteiger partial charge < -0.3 is 10.5 Å². The molecule has 0 radical (unpaired) electrons. The number of benzene rings is 1. The Morgan fingerprint density at radius 3 is 2.58 bits per heavy atom. The monoisotopic (exact) mass is 271 g/mol. The maximum atomic E-state index is 12.1. The van der Waals surface area contributed by atoms with Gasteiger partial charge >= 0.3 is 6.36 Å². The van der Waals surface area contributed by atoms with Crippen LogP contribution in [0.4, 0.5) is 18.9 Å². The van der Waals surface area contributed by atoms with Crippen LogP contribution in [0.5, 0.6) is 5.75 Å². The largest absolute Gasteiger partial charge is 0.573 e. The molecule has 0 aliphatic heterocycles. The second-order valence-electron chi connectivity index (χ2n) is 3.14. The molecule has 0 amide bonds. The number of hydrazone groups is 1. The van der Waals surface area contributed by atoms with Crippen LogP contribution in [0.25, 0.3) is 0 Å². The summed E-state index contributed by atoms with van der Waals surface area (Å²) >= 11 is 0. The van der Waals surface area contributed by atoms with Gasteiger partial charge in [0.1, 0.15) is 6.07 Å². The van der Waals surface area contributed by atoms with E-state index in [1.807, 2.05) is 0 Å². The molecule has 6 nitrogen and oxygen atoms in total. The predicted molar refractivity (Wildman–Crippen MR) is 61.7 cm³/mol. The van der Waals surface area contributed by atoms with E-state index in [4.69, 9.17) is 16.4 Å². The number of nitrogens with two attached hydrogens (primary N) is 1. The molecule has 100 valence electrons. The van der Waals surface area contributed by atoms with Gasteiger partial charge in [-0.2, -0.15) is 10.4 Å². The summed E-state index contributed by atoms with van der Waals surface area (Å²) in [6.45, 7) is 0. The molecule has 9 heteroatoms. The van der Waals surface area contributed by atoms with E-state index in [9.17, 15) is 13.2 Å². The Morgan fingerprint density at radius 2 is 2.05 bits per heavy atom. The molecule has 0 heterocycles. The van der Waals surface area contributed by atoms with Crippen LogP contribution >= 0.6 is 0 Å². The third kappa shape index (κ3) is 4.55. The van der Waals surface area contributed by atoms with E-state index >= 15 is 0 Å². The van der Waals surface area contributed by atoms with Gasteiger partial charge in [-0.1, -0.05) is 12.1 Å². The number of nitriles is 1. The molecule has 0 aliphatic carbocycles. The van der Waals surface area contributed by atoms with Gasteiger partial charge in [0.2, 0.25) is 5.71 Å². The Balaban J connectivity index is 2.97. The molecule has 0 unspecified atom stereocenters. The van der Waals surface area contributed by atoms with E-state index in [-0.39, 0.29) is 5.69 Å². The van der Waals surface area contributed by atoms with Crippen LogP contribution in [0.3, 0.4) is 0 Å². The number of amidine groups is 1. The zero-order valence-electron chi connectivity index (χ0n) is 9.32. The standard InChI is InChI=1S/C10H8F3N5O/c11-10(12,13)19-8-4-2-1-3-6(8)17-18-7(5-14)9(15)16/h1-4,17H,(H3,15,16)/b18-7+. The number of halogens is 3. The second kappa shape index (κ2) is 5.72. The summed E-state index contributed by atoms with van der Waals surface area (Å²) in [5.74, 6) is -1.12. The third-order valence-corrected chi connectivity index (χ3v) is 1.76. The Morgan fingerprint density at radius 1 is 1.42 bits per heavy atom. The van der Waals surface area contributed by atoms with Crippen LogP contribution < -0.4 is 15.9 Å². The summed E-state index contributed by atoms with van der Waals surface area (Å²) in [6.07, 6.45) is -4.85. The lowest BCUT2D eigenvalue weighted by Crippen LogP contribution is -2.22. The number of nitrogens with zero attached hydrogens (tertiary/aromatic N) is 2. The van der Waals surface area contributed by atoms with E-state index in [2.05, 4.69) is 15.3 Å². The molecule has 1 rings (SSSR count). The normalized spacial score (nSPS) is 11.6. The van der Waals surface area contributed by atoms with E-state index in [0.717, 1.165) is 6.07 Å². The first-order chi connectivity index (χ1) is 8.83. The Kier molecular flexibility index (Phi) is 4.31. The van der Waals surface area contributed by atoms with Gasteiger partial charge in [-0.15, -0.1) is 13.2 Å². The van der Waals surface area contributed by atoms with Crippen molar-refractivity contribution in [1.82, 2.24) is 0 Å². The van der Waals surface area contributed by atoms with E-state index in [0.29, 0.717) is 0 Å². The maximum absolute atomic E-state index is 12.1. The highest BCUT2D eigenvalue weighted by molar-refractivity contribution is 6.45. The molecule has 0 atom stereocenters. The van der Waals surface area contributed by atoms with Gasteiger partial charge in [0.05, 0.1) is 5.69 Å². The van der Waals surface area contributed by atoms with Crippen molar-refractivity contribution in [2.45, 2.75) is 6.36 Å². The van der Waals surface area contributed by atoms with Crippen molar-refractivity contribution in [3.63, 3.8) is 0 Å². The van der Waals surface area contributed by atoms with Gasteiger partial charge in [0, 0.05) is 0 Å². The smallest absolute Gasteiger partial charge is 0.404 e. The SMILES string of the molecule is N#C/C(=N\Nc1ccccc1OC(F)(F)F)C(=N)N. The third-order valence-electron chi connectivity index (χ3n) is 1.76. The van der Waals surface area contributed by atoms with Crippen molar-refractivity contribution in [3.05, 3.63) is 24.3 Å². The number of alkyl halides is 3. The average Bonchev–Trinajstić information content (AvgIpc) is 2.29. The highest BCUT2D eigenvalue weighted by Crippen LogP contribution is 2.29. The minimum Gasteiger partial charge on any atom is -0.404 e. The van der Waals surface area contributed by atoms with Gasteiger partial charge in [-0.05, 0) is 12.1 Å². The van der Waals surface area contributed by atoms with Crippen LogP contribution in [0, 0.1) is 16.7 Å². The minimum atomic E-state index is -4.85. The summed E-state index contributed by atoms with van der Waals surface area (Å²) < 4.78 is 40.1. The topological polar surface area (TPSA) is 107 Å². The van der Waals surface area contributed by atoms with Crippen LogP contribution in [-0.2, 0) is 0 Å². The molecule has 0 aliphatic rings. The highest BCUT2D eigenvalue weighted by atomic mass is 19.4. The van der Waals surface area contributed by atoms with Crippen molar-refractivity contribution in [1.29, 1.82) is 10.7 Å². The lowest BCUT2D eigenvalue weighted by molar-refractivity contribution is -0.274. The van der Waals surface area contributed by atoms with Crippen LogP contribution in [0.15, 0.2) is 29.4 Å². The first-order valence-electron chi connectivity index (χ1n) is 4.76. The van der Waals surface area contributed by atoms with Crippen molar-refractivity contribution >= 4 is 17.2 Å². The zero-order chi connectivity index (χ0) is 14.5. The summed E-state index contributed by atoms with van der Waals surface area (Å²) in [5.41, 5.74) is 6.64. The summed E-state index contributed by atoms with van der Waals surface area (Å²) in [4.78, 5) is 0. The molecule has 4 N–H and O–H groups in total. The Labute approximate surface area is 105 Å². The molecule has 1 aromatic rings. The molecular weight excluding hydrogens is 263 g/mol. The number of nitrogens with one attached hydrogen (secondary N) is 2. The summed E-state index contributed by atoms with van der Waals surface area (Å²) in [6, 6.07) is 6.64. The molecule has 1 aromatic carbocycles. The van der Waals surface area contributed by atoms with Gasteiger partial charge in [0.15, 0.2) is 11.6 Å². The predicted octanol–water partition coefficient (Wildman–Crippen LogP) is 1.81. The number of hydrogen-bond donors (Lipinski definition) is 3. The molecule has 0 saturated carbocycles. The van der Waals surface area contributed by atoms with Gasteiger partial charge in [-0.3, -0.25) is 10.8 Å². The lowest BCUT2D eigenvalue weighted by Gasteiger charge is -2.12. The Bertz CT molecular complexity index is 547. The molecule has 0 spiro atoms. The molecule has 0 saturated heterocycles. The van der Waals surface area contributed by atoms with E-state index in [1.165, 1.54) is 24.3 Å². The first-order valence-corrected chi connectivity index (χ1v) is 4.76. The molecule has 19 heavy (non-hydrogen) atoms. The number of ether oxygens (including phenoxy) is 1. The second-order valence-corrected chi connectivity index (χ2v) is 3.14. The van der Waals surface area contributed by atoms with Crippen LogP contribution in [-0.4, -0.2) is 17.9 Å². The number of rotatable bonds is 4. The lowest BCUT2D eigenvalue weighted by atomic mass is 10.3. The highest BCUT2D eigenvalue weighted by Gasteiger charge is 2.32. The fourth-order valence-corrected chi connectivity index (χ4v) is 1.03. The van der Waals surface area contributed by atoms with Crippen LogP contribution in [0.1, 0.15) is 0 Å². The molecule has 0 fully saturated rings. The fraction of sp³-hybridized carbons (Fsp3) is 0.100.